The molecule has 2 unspecified atom stereocenters. The quantitative estimate of drug-likeness (QED) is 0.906. The van der Waals surface area contributed by atoms with Gasteiger partial charge in [0.05, 0.1) is 5.41 Å². The number of hydrogen-bond acceptors (Lipinski definition) is 2. The molecule has 0 radical (unpaired) electrons. The van der Waals surface area contributed by atoms with Crippen LogP contribution >= 0.6 is 15.9 Å². The molecule has 3 nitrogen and oxygen atoms in total. The van der Waals surface area contributed by atoms with Crippen LogP contribution in [0.2, 0.25) is 0 Å². The Bertz CT molecular complexity index is 513. The number of carbonyl (C=O) groups is 1. The molecule has 0 bridgehead atoms. The Hall–Kier alpha value is -0.870. The van der Waals surface area contributed by atoms with E-state index < -0.39 is 5.41 Å². The Morgan fingerprint density at radius 1 is 1.48 bits per heavy atom. The van der Waals surface area contributed by atoms with Crippen LogP contribution in [0, 0.1) is 5.92 Å². The number of hydrogen-bond donors (Lipinski definition) is 1. The fourth-order valence-electron chi connectivity index (χ4n) is 3.02. The van der Waals surface area contributed by atoms with Gasteiger partial charge in [0, 0.05) is 23.6 Å². The fraction of sp³-hybridized carbons (Fsp3) is 0.588. The lowest BCUT2D eigenvalue weighted by atomic mass is 9.82. The molecule has 0 aliphatic carbocycles. The molecule has 2 atom stereocenters. The smallest absolute Gasteiger partial charge is 0.232 e. The summed E-state index contributed by atoms with van der Waals surface area (Å²) in [7, 11) is 0. The van der Waals surface area contributed by atoms with Gasteiger partial charge in [0.25, 0.3) is 0 Å². The van der Waals surface area contributed by atoms with E-state index in [1.54, 1.807) is 0 Å². The second kappa shape index (κ2) is 6.49. The number of amides is 1. The predicted octanol–water partition coefficient (Wildman–Crippen LogP) is 3.31. The molecule has 0 aromatic heterocycles. The van der Waals surface area contributed by atoms with E-state index in [1.807, 2.05) is 49.9 Å². The molecule has 1 aliphatic rings. The summed E-state index contributed by atoms with van der Waals surface area (Å²) in [5, 5.41) is 0. The van der Waals surface area contributed by atoms with Gasteiger partial charge >= 0.3 is 0 Å². The van der Waals surface area contributed by atoms with Gasteiger partial charge in [-0.1, -0.05) is 28.1 Å². The molecule has 1 aliphatic heterocycles. The van der Waals surface area contributed by atoms with Gasteiger partial charge < -0.3 is 10.6 Å². The van der Waals surface area contributed by atoms with Crippen molar-refractivity contribution in [1.29, 1.82) is 0 Å². The normalized spacial score (nSPS) is 21.2. The summed E-state index contributed by atoms with van der Waals surface area (Å²) in [5.41, 5.74) is 6.56. The van der Waals surface area contributed by atoms with E-state index in [2.05, 4.69) is 15.9 Å². The highest BCUT2D eigenvalue weighted by atomic mass is 79.9. The second-order valence-corrected chi connectivity index (χ2v) is 7.56. The minimum Gasteiger partial charge on any atom is -0.342 e. The van der Waals surface area contributed by atoms with Gasteiger partial charge in [-0.2, -0.15) is 0 Å². The zero-order valence-electron chi connectivity index (χ0n) is 13.1. The monoisotopic (exact) mass is 352 g/mol. The molecule has 1 aromatic rings. The molecule has 1 aromatic carbocycles. The topological polar surface area (TPSA) is 46.3 Å². The van der Waals surface area contributed by atoms with Crippen LogP contribution in [0.5, 0.6) is 0 Å². The Balaban J connectivity index is 2.18. The summed E-state index contributed by atoms with van der Waals surface area (Å²) < 4.78 is 1.01. The fourth-order valence-corrected chi connectivity index (χ4v) is 3.42. The Morgan fingerprint density at radius 3 is 2.81 bits per heavy atom. The van der Waals surface area contributed by atoms with Crippen LogP contribution in [0.25, 0.3) is 0 Å². The molecular weight excluding hydrogens is 328 g/mol. The van der Waals surface area contributed by atoms with Crippen LogP contribution < -0.4 is 5.73 Å². The van der Waals surface area contributed by atoms with Crippen LogP contribution in [0.4, 0.5) is 0 Å². The van der Waals surface area contributed by atoms with E-state index in [-0.39, 0.29) is 11.9 Å². The third kappa shape index (κ3) is 3.67. The summed E-state index contributed by atoms with van der Waals surface area (Å²) in [6.45, 7) is 7.69. The first-order valence-corrected chi connectivity index (χ1v) is 8.42. The second-order valence-electron chi connectivity index (χ2n) is 6.65. The van der Waals surface area contributed by atoms with Crippen LogP contribution in [-0.2, 0) is 10.2 Å². The summed E-state index contributed by atoms with van der Waals surface area (Å²) in [6, 6.07) is 8.17. The third-order valence-corrected chi connectivity index (χ3v) is 5.06. The molecule has 2 rings (SSSR count). The maximum Gasteiger partial charge on any atom is 0.232 e. The molecule has 21 heavy (non-hydrogen) atoms. The molecule has 0 spiro atoms. The summed E-state index contributed by atoms with van der Waals surface area (Å²) in [4.78, 5) is 15.0. The lowest BCUT2D eigenvalue weighted by Crippen LogP contribution is -2.50. The van der Waals surface area contributed by atoms with Gasteiger partial charge in [-0.05, 0) is 57.2 Å². The van der Waals surface area contributed by atoms with Crippen molar-refractivity contribution in [2.75, 3.05) is 13.1 Å². The van der Waals surface area contributed by atoms with E-state index in [0.717, 1.165) is 36.0 Å². The predicted molar refractivity (Wildman–Crippen MR) is 90.1 cm³/mol. The van der Waals surface area contributed by atoms with E-state index in [1.165, 1.54) is 0 Å². The van der Waals surface area contributed by atoms with Crippen molar-refractivity contribution in [3.8, 4) is 0 Å². The Labute approximate surface area is 136 Å². The summed E-state index contributed by atoms with van der Waals surface area (Å²) in [5.74, 6) is 0.618. The number of nitrogens with zero attached hydrogens (tertiary/aromatic N) is 1. The maximum absolute atomic E-state index is 13.0. The van der Waals surface area contributed by atoms with Gasteiger partial charge in [-0.3, -0.25) is 4.79 Å². The standard InChI is InChI=1S/C17H25BrN2O/c1-12(19)13-6-5-9-20(11-13)16(21)17(2,3)14-7-4-8-15(18)10-14/h4,7-8,10,12-13H,5-6,9,11,19H2,1-3H3. The van der Waals surface area contributed by atoms with Crippen LogP contribution in [-0.4, -0.2) is 29.9 Å². The zero-order valence-corrected chi connectivity index (χ0v) is 14.7. The number of carbonyl (C=O) groups excluding carboxylic acids is 1. The lowest BCUT2D eigenvalue weighted by molar-refractivity contribution is -0.138. The SMILES string of the molecule is CC(N)C1CCCN(C(=O)C(C)(C)c2cccc(Br)c2)C1. The van der Waals surface area contributed by atoms with Crippen LogP contribution in [0.15, 0.2) is 28.7 Å². The molecule has 1 amide bonds. The molecule has 0 saturated carbocycles. The van der Waals surface area contributed by atoms with Crippen molar-refractivity contribution >= 4 is 21.8 Å². The molecule has 1 fully saturated rings. The first kappa shape index (κ1) is 16.5. The molecule has 116 valence electrons. The largest absolute Gasteiger partial charge is 0.342 e. The maximum atomic E-state index is 13.0. The van der Waals surface area contributed by atoms with Crippen molar-refractivity contribution in [3.05, 3.63) is 34.3 Å². The van der Waals surface area contributed by atoms with Crippen LogP contribution in [0.1, 0.15) is 39.2 Å². The van der Waals surface area contributed by atoms with Gasteiger partial charge in [-0.25, -0.2) is 0 Å². The number of likely N-dealkylation sites (tertiary alicyclic amines) is 1. The van der Waals surface area contributed by atoms with E-state index in [4.69, 9.17) is 5.73 Å². The lowest BCUT2D eigenvalue weighted by Gasteiger charge is -2.39. The average molecular weight is 353 g/mol. The van der Waals surface area contributed by atoms with E-state index in [0.29, 0.717) is 5.92 Å². The number of benzene rings is 1. The van der Waals surface area contributed by atoms with Crippen molar-refractivity contribution in [3.63, 3.8) is 0 Å². The zero-order chi connectivity index (χ0) is 15.6. The van der Waals surface area contributed by atoms with Crippen molar-refractivity contribution < 1.29 is 4.79 Å². The van der Waals surface area contributed by atoms with Gasteiger partial charge in [0.1, 0.15) is 0 Å². The molecule has 1 saturated heterocycles. The number of nitrogens with two attached hydrogens (primary N) is 1. The molecular formula is C17H25BrN2O. The van der Waals surface area contributed by atoms with Crippen molar-refractivity contribution in [2.45, 2.75) is 45.1 Å². The first-order valence-electron chi connectivity index (χ1n) is 7.63. The van der Waals surface area contributed by atoms with E-state index in [9.17, 15) is 4.79 Å². The number of halogens is 1. The Kier molecular flexibility index (Phi) is 5.10. The Morgan fingerprint density at radius 2 is 2.19 bits per heavy atom. The highest BCUT2D eigenvalue weighted by Crippen LogP contribution is 2.30. The number of rotatable bonds is 3. The highest BCUT2D eigenvalue weighted by Gasteiger charge is 2.36. The summed E-state index contributed by atoms with van der Waals surface area (Å²) >= 11 is 3.49. The third-order valence-electron chi connectivity index (χ3n) is 4.57. The first-order chi connectivity index (χ1) is 9.82. The van der Waals surface area contributed by atoms with Gasteiger partial charge in [-0.15, -0.1) is 0 Å². The van der Waals surface area contributed by atoms with Crippen LogP contribution in [0.3, 0.4) is 0 Å². The number of piperidine rings is 1. The average Bonchev–Trinajstić information content (AvgIpc) is 2.46. The van der Waals surface area contributed by atoms with Crippen molar-refractivity contribution in [1.82, 2.24) is 4.90 Å². The van der Waals surface area contributed by atoms with Gasteiger partial charge in [0.2, 0.25) is 5.91 Å². The molecule has 1 heterocycles. The molecule has 2 N–H and O–H groups in total. The minimum absolute atomic E-state index is 0.148. The summed E-state index contributed by atoms with van der Waals surface area (Å²) in [6.07, 6.45) is 2.17. The molecule has 4 heteroatoms. The highest BCUT2D eigenvalue weighted by molar-refractivity contribution is 9.10. The van der Waals surface area contributed by atoms with E-state index >= 15 is 0 Å². The minimum atomic E-state index is -0.510. The van der Waals surface area contributed by atoms with Gasteiger partial charge in [0.15, 0.2) is 0 Å². The van der Waals surface area contributed by atoms with Crippen molar-refractivity contribution in [2.24, 2.45) is 11.7 Å².